The average Bonchev–Trinajstić information content (AvgIpc) is 2.86. The Morgan fingerprint density at radius 1 is 1.50 bits per heavy atom. The highest BCUT2D eigenvalue weighted by molar-refractivity contribution is 5.95. The van der Waals surface area contributed by atoms with Crippen LogP contribution in [0.15, 0.2) is 6.20 Å². The summed E-state index contributed by atoms with van der Waals surface area (Å²) in [6.07, 6.45) is 6.12. The van der Waals surface area contributed by atoms with Crippen LogP contribution in [0, 0.1) is 11.8 Å². The van der Waals surface area contributed by atoms with Crippen molar-refractivity contribution >= 4 is 5.91 Å². The number of aromatic nitrogens is 2. The normalized spacial score (nSPS) is 22.0. The van der Waals surface area contributed by atoms with Gasteiger partial charge in [0.15, 0.2) is 0 Å². The second-order valence-corrected chi connectivity index (χ2v) is 6.83. The van der Waals surface area contributed by atoms with Crippen LogP contribution in [0.5, 0.6) is 0 Å². The van der Waals surface area contributed by atoms with E-state index in [4.69, 9.17) is 0 Å². The number of carbonyl (C=O) groups is 1. The number of nitrogens with zero attached hydrogens (tertiary/aromatic N) is 2. The highest BCUT2D eigenvalue weighted by Gasteiger charge is 2.22. The van der Waals surface area contributed by atoms with Gasteiger partial charge < -0.3 is 10.4 Å². The number of nitrogens with one attached hydrogen (secondary N) is 1. The van der Waals surface area contributed by atoms with E-state index in [0.717, 1.165) is 44.3 Å². The molecular formula is C17H29N3O2. The van der Waals surface area contributed by atoms with Gasteiger partial charge in [-0.05, 0) is 37.5 Å². The first kappa shape index (κ1) is 17.0. The second kappa shape index (κ2) is 7.77. The van der Waals surface area contributed by atoms with Crippen molar-refractivity contribution in [2.75, 3.05) is 6.54 Å². The first-order valence-corrected chi connectivity index (χ1v) is 8.52. The number of aliphatic hydroxyl groups is 1. The molecule has 5 heteroatoms. The van der Waals surface area contributed by atoms with E-state index in [9.17, 15) is 9.90 Å². The number of amides is 1. The van der Waals surface area contributed by atoms with Gasteiger partial charge in [0.05, 0.1) is 23.6 Å². The Morgan fingerprint density at radius 2 is 2.27 bits per heavy atom. The first-order chi connectivity index (χ1) is 10.5. The molecule has 0 saturated heterocycles. The Bertz CT molecular complexity index is 496. The third kappa shape index (κ3) is 4.32. The van der Waals surface area contributed by atoms with E-state index in [-0.39, 0.29) is 12.0 Å². The SMILES string of the molecule is CCc1c(C(=O)NCC2CCCC(O)C2)cnn1CC(C)C. The molecule has 2 atom stereocenters. The van der Waals surface area contributed by atoms with Crippen molar-refractivity contribution in [2.24, 2.45) is 11.8 Å². The summed E-state index contributed by atoms with van der Waals surface area (Å²) in [5, 5.41) is 17.1. The van der Waals surface area contributed by atoms with Gasteiger partial charge >= 0.3 is 0 Å². The van der Waals surface area contributed by atoms with Crippen LogP contribution in [0.25, 0.3) is 0 Å². The number of rotatable bonds is 6. The average molecular weight is 307 g/mol. The molecule has 1 fully saturated rings. The fraction of sp³-hybridized carbons (Fsp3) is 0.765. The molecular weight excluding hydrogens is 278 g/mol. The minimum Gasteiger partial charge on any atom is -0.393 e. The van der Waals surface area contributed by atoms with Crippen LogP contribution in [-0.4, -0.2) is 33.4 Å². The van der Waals surface area contributed by atoms with Crippen molar-refractivity contribution in [3.63, 3.8) is 0 Å². The largest absolute Gasteiger partial charge is 0.393 e. The van der Waals surface area contributed by atoms with E-state index in [1.807, 2.05) is 4.68 Å². The highest BCUT2D eigenvalue weighted by atomic mass is 16.3. The number of hydrogen-bond donors (Lipinski definition) is 2. The van der Waals surface area contributed by atoms with Crippen molar-refractivity contribution in [1.29, 1.82) is 0 Å². The van der Waals surface area contributed by atoms with Crippen LogP contribution in [0.2, 0.25) is 0 Å². The Kier molecular flexibility index (Phi) is 6.00. The number of hydrogen-bond acceptors (Lipinski definition) is 3. The van der Waals surface area contributed by atoms with E-state index in [0.29, 0.717) is 23.9 Å². The molecule has 0 aromatic carbocycles. The van der Waals surface area contributed by atoms with Gasteiger partial charge in [-0.25, -0.2) is 0 Å². The van der Waals surface area contributed by atoms with Crippen LogP contribution < -0.4 is 5.32 Å². The van der Waals surface area contributed by atoms with E-state index < -0.39 is 0 Å². The minimum absolute atomic E-state index is 0.0353. The summed E-state index contributed by atoms with van der Waals surface area (Å²) in [5.41, 5.74) is 1.70. The zero-order valence-electron chi connectivity index (χ0n) is 14.0. The Balaban J connectivity index is 1.95. The topological polar surface area (TPSA) is 67.2 Å². The van der Waals surface area contributed by atoms with Crippen molar-refractivity contribution in [1.82, 2.24) is 15.1 Å². The van der Waals surface area contributed by atoms with Crippen molar-refractivity contribution < 1.29 is 9.90 Å². The van der Waals surface area contributed by atoms with Gasteiger partial charge in [-0.1, -0.05) is 27.2 Å². The van der Waals surface area contributed by atoms with Crippen LogP contribution in [0.1, 0.15) is 62.5 Å². The molecule has 0 spiro atoms. The second-order valence-electron chi connectivity index (χ2n) is 6.83. The predicted molar refractivity (Wildman–Crippen MR) is 86.7 cm³/mol. The molecule has 0 radical (unpaired) electrons. The quantitative estimate of drug-likeness (QED) is 0.848. The molecule has 1 aromatic rings. The molecule has 5 nitrogen and oxygen atoms in total. The summed E-state index contributed by atoms with van der Waals surface area (Å²) in [6, 6.07) is 0. The third-order valence-corrected chi connectivity index (χ3v) is 4.37. The maximum absolute atomic E-state index is 12.4. The van der Waals surface area contributed by atoms with Gasteiger partial charge in [-0.2, -0.15) is 5.10 Å². The fourth-order valence-electron chi connectivity index (χ4n) is 3.26. The zero-order valence-corrected chi connectivity index (χ0v) is 14.0. The third-order valence-electron chi connectivity index (χ3n) is 4.37. The number of aliphatic hydroxyl groups excluding tert-OH is 1. The molecule has 124 valence electrons. The van der Waals surface area contributed by atoms with Gasteiger partial charge in [0, 0.05) is 13.1 Å². The monoisotopic (exact) mass is 307 g/mol. The first-order valence-electron chi connectivity index (χ1n) is 8.52. The number of carbonyl (C=O) groups excluding carboxylic acids is 1. The van der Waals surface area contributed by atoms with Crippen LogP contribution >= 0.6 is 0 Å². The Morgan fingerprint density at radius 3 is 2.91 bits per heavy atom. The van der Waals surface area contributed by atoms with E-state index in [1.165, 1.54) is 0 Å². The zero-order chi connectivity index (χ0) is 16.1. The summed E-state index contributed by atoms with van der Waals surface area (Å²) in [7, 11) is 0. The summed E-state index contributed by atoms with van der Waals surface area (Å²) in [4.78, 5) is 12.4. The molecule has 1 heterocycles. The lowest BCUT2D eigenvalue weighted by molar-refractivity contribution is 0.0873. The summed E-state index contributed by atoms with van der Waals surface area (Å²) in [6.45, 7) is 7.84. The molecule has 0 bridgehead atoms. The summed E-state index contributed by atoms with van der Waals surface area (Å²) >= 11 is 0. The van der Waals surface area contributed by atoms with Gasteiger partial charge in [0.1, 0.15) is 0 Å². The Hall–Kier alpha value is -1.36. The predicted octanol–water partition coefficient (Wildman–Crippen LogP) is 2.38. The minimum atomic E-state index is -0.198. The van der Waals surface area contributed by atoms with E-state index in [1.54, 1.807) is 6.20 Å². The molecule has 2 rings (SSSR count). The van der Waals surface area contributed by atoms with Crippen LogP contribution in [-0.2, 0) is 13.0 Å². The van der Waals surface area contributed by atoms with Gasteiger partial charge in [0.25, 0.3) is 5.91 Å². The Labute approximate surface area is 133 Å². The lowest BCUT2D eigenvalue weighted by Crippen LogP contribution is -2.33. The summed E-state index contributed by atoms with van der Waals surface area (Å²) < 4.78 is 1.95. The smallest absolute Gasteiger partial charge is 0.254 e. The standard InChI is InChI=1S/C17H29N3O2/c1-4-16-15(10-19-20(16)11-12(2)3)17(22)18-9-13-6-5-7-14(21)8-13/h10,12-14,21H,4-9,11H2,1-3H3,(H,18,22). The molecule has 1 aromatic heterocycles. The van der Waals surface area contributed by atoms with Crippen LogP contribution in [0.4, 0.5) is 0 Å². The lowest BCUT2D eigenvalue weighted by atomic mass is 9.87. The van der Waals surface area contributed by atoms with Gasteiger partial charge in [-0.3, -0.25) is 9.48 Å². The molecule has 0 aliphatic heterocycles. The lowest BCUT2D eigenvalue weighted by Gasteiger charge is -2.25. The highest BCUT2D eigenvalue weighted by Crippen LogP contribution is 2.23. The molecule has 1 aliphatic rings. The molecule has 2 unspecified atom stereocenters. The van der Waals surface area contributed by atoms with Crippen molar-refractivity contribution in [3.05, 3.63) is 17.5 Å². The van der Waals surface area contributed by atoms with Gasteiger partial charge in [0.2, 0.25) is 0 Å². The van der Waals surface area contributed by atoms with E-state index >= 15 is 0 Å². The van der Waals surface area contributed by atoms with Crippen molar-refractivity contribution in [3.8, 4) is 0 Å². The molecule has 1 amide bonds. The van der Waals surface area contributed by atoms with E-state index in [2.05, 4.69) is 31.2 Å². The van der Waals surface area contributed by atoms with Crippen molar-refractivity contribution in [2.45, 2.75) is 65.5 Å². The van der Waals surface area contributed by atoms with Gasteiger partial charge in [-0.15, -0.1) is 0 Å². The molecule has 1 saturated carbocycles. The molecule has 2 N–H and O–H groups in total. The molecule has 22 heavy (non-hydrogen) atoms. The summed E-state index contributed by atoms with van der Waals surface area (Å²) in [5.74, 6) is 0.861. The fourth-order valence-corrected chi connectivity index (χ4v) is 3.26. The molecule has 1 aliphatic carbocycles. The maximum Gasteiger partial charge on any atom is 0.254 e. The van der Waals surface area contributed by atoms with Crippen LogP contribution in [0.3, 0.4) is 0 Å². The maximum atomic E-state index is 12.4.